The zero-order valence-electron chi connectivity index (χ0n) is 12.6. The predicted molar refractivity (Wildman–Crippen MR) is 79.6 cm³/mol. The van der Waals surface area contributed by atoms with Crippen LogP contribution in [0, 0.1) is 0 Å². The van der Waals surface area contributed by atoms with E-state index in [0.717, 1.165) is 19.3 Å². The number of likely N-dealkylation sites (tertiary alicyclic amines) is 1. The van der Waals surface area contributed by atoms with Crippen LogP contribution in [0.15, 0.2) is 18.2 Å². The highest BCUT2D eigenvalue weighted by Gasteiger charge is 2.30. The van der Waals surface area contributed by atoms with Crippen LogP contribution in [0.2, 0.25) is 0 Å². The van der Waals surface area contributed by atoms with E-state index in [4.69, 9.17) is 4.74 Å². The fourth-order valence-electron chi connectivity index (χ4n) is 2.92. The number of ether oxygens (including phenoxy) is 1. The van der Waals surface area contributed by atoms with E-state index >= 15 is 0 Å². The number of phenolic OH excluding ortho intramolecular Hbond substituents is 1. The van der Waals surface area contributed by atoms with Gasteiger partial charge in [0.15, 0.2) is 11.5 Å². The minimum absolute atomic E-state index is 0.0249. The summed E-state index contributed by atoms with van der Waals surface area (Å²) < 4.78 is 5.05. The smallest absolute Gasteiger partial charge is 0.258 e. The van der Waals surface area contributed by atoms with E-state index in [0.29, 0.717) is 18.7 Å². The normalized spacial score (nSPS) is 20.1. The minimum atomic E-state index is -0.442. The molecule has 1 fully saturated rings. The maximum atomic E-state index is 12.7. The van der Waals surface area contributed by atoms with Crippen LogP contribution in [-0.2, 0) is 0 Å². The summed E-state index contributed by atoms with van der Waals surface area (Å²) in [6, 6.07) is 4.94. The molecule has 116 valence electrons. The largest absolute Gasteiger partial charge is 0.504 e. The summed E-state index contributed by atoms with van der Waals surface area (Å²) in [6.45, 7) is 2.40. The Morgan fingerprint density at radius 1 is 1.48 bits per heavy atom. The zero-order chi connectivity index (χ0) is 15.4. The predicted octanol–water partition coefficient (Wildman–Crippen LogP) is 2.17. The molecule has 2 rings (SSSR count). The van der Waals surface area contributed by atoms with Crippen LogP contribution >= 0.6 is 0 Å². The van der Waals surface area contributed by atoms with Crippen LogP contribution in [0.5, 0.6) is 11.5 Å². The van der Waals surface area contributed by atoms with Gasteiger partial charge >= 0.3 is 0 Å². The summed E-state index contributed by atoms with van der Waals surface area (Å²) in [6.07, 6.45) is 3.03. The first-order chi connectivity index (χ1) is 10.0. The number of aliphatic hydroxyl groups excluding tert-OH is 1. The van der Waals surface area contributed by atoms with Crippen LogP contribution in [0.4, 0.5) is 0 Å². The van der Waals surface area contributed by atoms with Crippen molar-refractivity contribution in [1.82, 2.24) is 4.90 Å². The molecular weight excluding hydrogens is 270 g/mol. The standard InChI is InChI=1S/C16H23NO4/c1-11(18)10-12-6-3-4-9-17(12)16(20)13-7-5-8-14(21-2)15(13)19/h5,7-8,11-12,18-19H,3-4,6,9-10H2,1-2H3. The molecule has 2 unspecified atom stereocenters. The monoisotopic (exact) mass is 293 g/mol. The van der Waals surface area contributed by atoms with E-state index in [1.807, 2.05) is 0 Å². The van der Waals surface area contributed by atoms with Crippen molar-refractivity contribution >= 4 is 5.91 Å². The molecule has 0 saturated carbocycles. The summed E-state index contributed by atoms with van der Waals surface area (Å²) in [5.41, 5.74) is 0.256. The van der Waals surface area contributed by atoms with Crippen LogP contribution in [-0.4, -0.2) is 46.8 Å². The molecular formula is C16H23NO4. The van der Waals surface area contributed by atoms with Crippen molar-refractivity contribution in [2.24, 2.45) is 0 Å². The Morgan fingerprint density at radius 3 is 2.90 bits per heavy atom. The highest BCUT2D eigenvalue weighted by atomic mass is 16.5. The van der Waals surface area contributed by atoms with E-state index < -0.39 is 6.10 Å². The number of para-hydroxylation sites is 1. The highest BCUT2D eigenvalue weighted by molar-refractivity contribution is 5.97. The van der Waals surface area contributed by atoms with Crippen molar-refractivity contribution in [3.63, 3.8) is 0 Å². The molecule has 1 aromatic rings. The summed E-state index contributed by atoms with van der Waals surface area (Å²) in [7, 11) is 1.46. The van der Waals surface area contributed by atoms with Gasteiger partial charge in [0.25, 0.3) is 5.91 Å². The van der Waals surface area contributed by atoms with Gasteiger partial charge in [0.05, 0.1) is 18.8 Å². The molecule has 2 atom stereocenters. The van der Waals surface area contributed by atoms with Crippen molar-refractivity contribution in [2.75, 3.05) is 13.7 Å². The zero-order valence-corrected chi connectivity index (χ0v) is 12.6. The average molecular weight is 293 g/mol. The fraction of sp³-hybridized carbons (Fsp3) is 0.562. The molecule has 2 N–H and O–H groups in total. The van der Waals surface area contributed by atoms with E-state index in [-0.39, 0.29) is 23.3 Å². The summed E-state index contributed by atoms with van der Waals surface area (Å²) in [4.78, 5) is 14.5. The number of carbonyl (C=O) groups is 1. The van der Waals surface area contributed by atoms with Crippen molar-refractivity contribution in [3.8, 4) is 11.5 Å². The van der Waals surface area contributed by atoms with Gasteiger partial charge in [0, 0.05) is 12.6 Å². The topological polar surface area (TPSA) is 70.0 Å². The lowest BCUT2D eigenvalue weighted by Crippen LogP contribution is -2.45. The Hall–Kier alpha value is -1.75. The van der Waals surface area contributed by atoms with Crippen molar-refractivity contribution in [3.05, 3.63) is 23.8 Å². The van der Waals surface area contributed by atoms with E-state index in [1.54, 1.807) is 30.0 Å². The SMILES string of the molecule is COc1cccc(C(=O)N2CCCCC2CC(C)O)c1O. The van der Waals surface area contributed by atoms with Crippen LogP contribution in [0.3, 0.4) is 0 Å². The van der Waals surface area contributed by atoms with Crippen LogP contribution in [0.25, 0.3) is 0 Å². The van der Waals surface area contributed by atoms with Gasteiger partial charge in [0.2, 0.25) is 0 Å². The van der Waals surface area contributed by atoms with Gasteiger partial charge in [0.1, 0.15) is 0 Å². The Labute approximate surface area is 125 Å². The van der Waals surface area contributed by atoms with Gasteiger partial charge in [-0.2, -0.15) is 0 Å². The second-order valence-electron chi connectivity index (χ2n) is 5.59. The maximum absolute atomic E-state index is 12.7. The number of aromatic hydroxyl groups is 1. The molecule has 5 nitrogen and oxygen atoms in total. The number of carbonyl (C=O) groups excluding carboxylic acids is 1. The van der Waals surface area contributed by atoms with Crippen molar-refractivity contribution in [2.45, 2.75) is 44.8 Å². The molecule has 0 aliphatic carbocycles. The number of hydrogen-bond donors (Lipinski definition) is 2. The van der Waals surface area contributed by atoms with Gasteiger partial charge in [-0.15, -0.1) is 0 Å². The van der Waals surface area contributed by atoms with E-state index in [9.17, 15) is 15.0 Å². The third-order valence-electron chi connectivity index (χ3n) is 3.95. The number of piperidine rings is 1. The summed E-state index contributed by atoms with van der Waals surface area (Å²) >= 11 is 0. The number of phenols is 1. The van der Waals surface area contributed by atoms with E-state index in [1.165, 1.54) is 7.11 Å². The molecule has 1 amide bonds. The van der Waals surface area contributed by atoms with Gasteiger partial charge in [-0.05, 0) is 44.7 Å². The van der Waals surface area contributed by atoms with Gasteiger partial charge in [-0.25, -0.2) is 0 Å². The molecule has 1 heterocycles. The van der Waals surface area contributed by atoms with E-state index in [2.05, 4.69) is 0 Å². The Morgan fingerprint density at radius 2 is 2.24 bits per heavy atom. The highest BCUT2D eigenvalue weighted by Crippen LogP contribution is 2.32. The molecule has 5 heteroatoms. The quantitative estimate of drug-likeness (QED) is 0.892. The van der Waals surface area contributed by atoms with Crippen molar-refractivity contribution < 1.29 is 19.7 Å². The third kappa shape index (κ3) is 3.47. The average Bonchev–Trinajstić information content (AvgIpc) is 2.47. The molecule has 0 radical (unpaired) electrons. The van der Waals surface area contributed by atoms with Crippen LogP contribution in [0.1, 0.15) is 43.0 Å². The number of benzene rings is 1. The number of aliphatic hydroxyl groups is 1. The summed E-state index contributed by atoms with van der Waals surface area (Å²) in [5, 5.41) is 19.7. The van der Waals surface area contributed by atoms with Crippen molar-refractivity contribution in [1.29, 1.82) is 0 Å². The summed E-state index contributed by atoms with van der Waals surface area (Å²) in [5.74, 6) is -0.0203. The maximum Gasteiger partial charge on any atom is 0.258 e. The lowest BCUT2D eigenvalue weighted by Gasteiger charge is -2.36. The Bertz CT molecular complexity index is 501. The number of nitrogens with zero attached hydrogens (tertiary/aromatic N) is 1. The molecule has 1 aromatic carbocycles. The first kappa shape index (κ1) is 15.6. The number of methoxy groups -OCH3 is 1. The third-order valence-corrected chi connectivity index (χ3v) is 3.95. The number of amides is 1. The minimum Gasteiger partial charge on any atom is -0.504 e. The van der Waals surface area contributed by atoms with Gasteiger partial charge in [-0.3, -0.25) is 4.79 Å². The Kier molecular flexibility index (Phi) is 5.07. The second kappa shape index (κ2) is 6.80. The molecule has 0 spiro atoms. The second-order valence-corrected chi connectivity index (χ2v) is 5.59. The lowest BCUT2D eigenvalue weighted by molar-refractivity contribution is 0.0512. The molecule has 1 aliphatic heterocycles. The van der Waals surface area contributed by atoms with Gasteiger partial charge in [-0.1, -0.05) is 6.07 Å². The van der Waals surface area contributed by atoms with Gasteiger partial charge < -0.3 is 19.8 Å². The molecule has 21 heavy (non-hydrogen) atoms. The fourth-order valence-corrected chi connectivity index (χ4v) is 2.92. The number of rotatable bonds is 4. The van der Waals surface area contributed by atoms with Crippen LogP contribution < -0.4 is 4.74 Å². The molecule has 0 aromatic heterocycles. The molecule has 1 aliphatic rings. The first-order valence-electron chi connectivity index (χ1n) is 7.39. The Balaban J connectivity index is 2.24. The molecule has 0 bridgehead atoms. The first-order valence-corrected chi connectivity index (χ1v) is 7.39. The lowest BCUT2D eigenvalue weighted by atomic mass is 9.96. The number of hydrogen-bond acceptors (Lipinski definition) is 4. The molecule has 1 saturated heterocycles.